The van der Waals surface area contributed by atoms with Gasteiger partial charge in [-0.15, -0.1) is 0 Å². The van der Waals surface area contributed by atoms with Crippen LogP contribution in [0.1, 0.15) is 10.4 Å². The maximum Gasteiger partial charge on any atom is 0.417 e. The first-order valence-corrected chi connectivity index (χ1v) is 9.71. The van der Waals surface area contributed by atoms with E-state index in [1.807, 2.05) is 0 Å². The molecule has 4 rings (SSSR count). The number of benzene rings is 1. The van der Waals surface area contributed by atoms with E-state index >= 15 is 0 Å². The zero-order chi connectivity index (χ0) is 19.0. The fourth-order valence-corrected chi connectivity index (χ4v) is 4.48. The van der Waals surface area contributed by atoms with Crippen LogP contribution in [0.2, 0.25) is 0 Å². The number of hydrogen-bond donors (Lipinski definition) is 1. The van der Waals surface area contributed by atoms with Crippen LogP contribution in [0.25, 0.3) is 11.1 Å². The van der Waals surface area contributed by atoms with Gasteiger partial charge in [-0.3, -0.25) is 14.8 Å². The molecule has 0 unspecified atom stereocenters. The van der Waals surface area contributed by atoms with E-state index in [0.29, 0.717) is 11.1 Å². The van der Waals surface area contributed by atoms with E-state index in [0.717, 1.165) is 0 Å². The third-order valence-corrected chi connectivity index (χ3v) is 6.36. The molecule has 0 radical (unpaired) electrons. The molecule has 9 nitrogen and oxygen atoms in total. The van der Waals surface area contributed by atoms with Crippen LogP contribution in [-0.4, -0.2) is 59.7 Å². The summed E-state index contributed by atoms with van der Waals surface area (Å²) in [5.74, 6) is -0.808. The van der Waals surface area contributed by atoms with Crippen molar-refractivity contribution in [3.63, 3.8) is 0 Å². The van der Waals surface area contributed by atoms with Gasteiger partial charge in [0.2, 0.25) is 10.0 Å². The lowest BCUT2D eigenvalue weighted by Crippen LogP contribution is -2.50. The van der Waals surface area contributed by atoms with Gasteiger partial charge in [0.25, 0.3) is 5.91 Å². The molecule has 0 saturated carbocycles. The highest BCUT2D eigenvalue weighted by Gasteiger charge is 2.30. The molecule has 0 aliphatic carbocycles. The van der Waals surface area contributed by atoms with Gasteiger partial charge in [0.15, 0.2) is 5.58 Å². The highest BCUT2D eigenvalue weighted by molar-refractivity contribution is 7.89. The first kappa shape index (κ1) is 17.4. The van der Waals surface area contributed by atoms with Gasteiger partial charge in [0.05, 0.1) is 16.0 Å². The predicted molar refractivity (Wildman–Crippen MR) is 95.7 cm³/mol. The number of H-pyrrole nitrogens is 1. The summed E-state index contributed by atoms with van der Waals surface area (Å²) in [4.78, 5) is 31.8. The number of nitrogens with zero attached hydrogens (tertiary/aromatic N) is 3. The minimum absolute atomic E-state index is 0.0461. The highest BCUT2D eigenvalue weighted by Crippen LogP contribution is 2.22. The fraction of sp³-hybridized carbons (Fsp3) is 0.235. The van der Waals surface area contributed by atoms with Crippen molar-refractivity contribution in [2.24, 2.45) is 0 Å². The Labute approximate surface area is 154 Å². The number of aromatic nitrogens is 2. The van der Waals surface area contributed by atoms with E-state index in [1.54, 1.807) is 23.2 Å². The summed E-state index contributed by atoms with van der Waals surface area (Å²) >= 11 is 0. The Morgan fingerprint density at radius 1 is 1.15 bits per heavy atom. The Kier molecular flexibility index (Phi) is 4.28. The van der Waals surface area contributed by atoms with Crippen LogP contribution < -0.4 is 5.76 Å². The highest BCUT2D eigenvalue weighted by atomic mass is 32.2. The molecule has 2 aromatic heterocycles. The van der Waals surface area contributed by atoms with E-state index in [4.69, 9.17) is 4.42 Å². The Balaban J connectivity index is 1.51. The quantitative estimate of drug-likeness (QED) is 0.705. The molecule has 1 N–H and O–H groups in total. The normalized spacial score (nSPS) is 15.9. The van der Waals surface area contributed by atoms with E-state index in [9.17, 15) is 18.0 Å². The Bertz CT molecular complexity index is 1140. The average molecular weight is 388 g/mol. The van der Waals surface area contributed by atoms with E-state index in [2.05, 4.69) is 9.97 Å². The average Bonchev–Trinajstić information content (AvgIpc) is 3.07. The number of carbonyl (C=O) groups is 1. The van der Waals surface area contributed by atoms with Gasteiger partial charge in [-0.1, -0.05) is 0 Å². The molecule has 1 aliphatic heterocycles. The number of carbonyl (C=O) groups excluding carboxylic acids is 1. The minimum Gasteiger partial charge on any atom is -0.408 e. The van der Waals surface area contributed by atoms with Crippen molar-refractivity contribution >= 4 is 27.0 Å². The molecule has 1 fully saturated rings. The fourth-order valence-electron chi connectivity index (χ4n) is 3.04. The summed E-state index contributed by atoms with van der Waals surface area (Å²) in [6.45, 7) is 0.940. The van der Waals surface area contributed by atoms with Crippen molar-refractivity contribution in [3.8, 4) is 0 Å². The Morgan fingerprint density at radius 3 is 2.63 bits per heavy atom. The molecule has 0 spiro atoms. The molecule has 140 valence electrons. The summed E-state index contributed by atoms with van der Waals surface area (Å²) in [5, 5.41) is 0. The molecule has 3 aromatic rings. The van der Waals surface area contributed by atoms with Crippen molar-refractivity contribution < 1.29 is 17.6 Å². The molecule has 1 aromatic carbocycles. The predicted octanol–water partition coefficient (Wildman–Crippen LogP) is 0.663. The van der Waals surface area contributed by atoms with Crippen LogP contribution in [-0.2, 0) is 10.0 Å². The summed E-state index contributed by atoms with van der Waals surface area (Å²) < 4.78 is 32.0. The van der Waals surface area contributed by atoms with Crippen molar-refractivity contribution in [3.05, 3.63) is 58.8 Å². The molecule has 27 heavy (non-hydrogen) atoms. The molecule has 0 bridgehead atoms. The minimum atomic E-state index is -3.75. The SMILES string of the molecule is O=C(c1cccnc1)N1CCN(S(=O)(=O)c2ccc3[nH]c(=O)oc3c2)CC1. The lowest BCUT2D eigenvalue weighted by molar-refractivity contribution is 0.0697. The van der Waals surface area contributed by atoms with Crippen molar-refractivity contribution in [1.29, 1.82) is 0 Å². The van der Waals surface area contributed by atoms with Crippen molar-refractivity contribution in [2.45, 2.75) is 4.90 Å². The third-order valence-electron chi connectivity index (χ3n) is 4.46. The molecule has 10 heteroatoms. The number of hydrogen-bond acceptors (Lipinski definition) is 6. The van der Waals surface area contributed by atoms with E-state index in [1.165, 1.54) is 28.7 Å². The number of nitrogens with one attached hydrogen (secondary N) is 1. The number of rotatable bonds is 3. The number of aromatic amines is 1. The first-order valence-electron chi connectivity index (χ1n) is 8.27. The summed E-state index contributed by atoms with van der Waals surface area (Å²) in [7, 11) is -3.75. The van der Waals surface area contributed by atoms with Gasteiger partial charge in [-0.2, -0.15) is 4.31 Å². The largest absolute Gasteiger partial charge is 0.417 e. The van der Waals surface area contributed by atoms with Crippen LogP contribution in [0, 0.1) is 0 Å². The Morgan fingerprint density at radius 2 is 1.93 bits per heavy atom. The third kappa shape index (κ3) is 3.24. The smallest absolute Gasteiger partial charge is 0.408 e. The maximum atomic E-state index is 12.9. The molecular weight excluding hydrogens is 372 g/mol. The second kappa shape index (κ2) is 6.63. The molecule has 3 heterocycles. The van der Waals surface area contributed by atoms with Gasteiger partial charge < -0.3 is 9.32 Å². The molecule has 1 saturated heterocycles. The number of fused-ring (bicyclic) bond motifs is 1. The number of pyridine rings is 1. The van der Waals surface area contributed by atoms with Crippen molar-refractivity contribution in [1.82, 2.24) is 19.2 Å². The number of amides is 1. The molecule has 0 atom stereocenters. The van der Waals surface area contributed by atoms with Crippen LogP contribution in [0.3, 0.4) is 0 Å². The van der Waals surface area contributed by atoms with Crippen LogP contribution in [0.4, 0.5) is 0 Å². The second-order valence-electron chi connectivity index (χ2n) is 6.11. The van der Waals surface area contributed by atoms with Crippen molar-refractivity contribution in [2.75, 3.05) is 26.2 Å². The zero-order valence-corrected chi connectivity index (χ0v) is 15.0. The zero-order valence-electron chi connectivity index (χ0n) is 14.2. The lowest BCUT2D eigenvalue weighted by atomic mass is 10.2. The maximum absolute atomic E-state index is 12.9. The lowest BCUT2D eigenvalue weighted by Gasteiger charge is -2.34. The van der Waals surface area contributed by atoms with Crippen LogP contribution >= 0.6 is 0 Å². The van der Waals surface area contributed by atoms with Gasteiger partial charge in [-0.25, -0.2) is 13.2 Å². The van der Waals surface area contributed by atoms with Crippen LogP contribution in [0.5, 0.6) is 0 Å². The van der Waals surface area contributed by atoms with Gasteiger partial charge >= 0.3 is 5.76 Å². The second-order valence-corrected chi connectivity index (χ2v) is 8.05. The number of sulfonamides is 1. The number of oxazole rings is 1. The van der Waals surface area contributed by atoms with E-state index in [-0.39, 0.29) is 42.6 Å². The topological polar surface area (TPSA) is 117 Å². The monoisotopic (exact) mass is 388 g/mol. The molecular formula is C17H16N4O5S. The Hall–Kier alpha value is -2.98. The van der Waals surface area contributed by atoms with E-state index < -0.39 is 15.8 Å². The van der Waals surface area contributed by atoms with Gasteiger partial charge in [-0.05, 0) is 24.3 Å². The van der Waals surface area contributed by atoms with Gasteiger partial charge in [0.1, 0.15) is 0 Å². The standard InChI is InChI=1S/C17H16N4O5S/c22-16(12-2-1-5-18-11-12)20-6-8-21(9-7-20)27(24,25)13-3-4-14-15(10-13)26-17(23)19-14/h1-5,10-11H,6-9H2,(H,19,23). The number of piperazine rings is 1. The molecule has 1 aliphatic rings. The summed E-state index contributed by atoms with van der Waals surface area (Å²) in [6.07, 6.45) is 3.08. The first-order chi connectivity index (χ1) is 12.9. The summed E-state index contributed by atoms with van der Waals surface area (Å²) in [6, 6.07) is 7.61. The summed E-state index contributed by atoms with van der Waals surface area (Å²) in [5.41, 5.74) is 1.10. The van der Waals surface area contributed by atoms with Crippen LogP contribution in [0.15, 0.2) is 56.8 Å². The molecule has 1 amide bonds. The van der Waals surface area contributed by atoms with Gasteiger partial charge in [0, 0.05) is 44.6 Å².